The molecule has 1 heterocycles. The van der Waals surface area contributed by atoms with E-state index < -0.39 is 0 Å². The van der Waals surface area contributed by atoms with Crippen LogP contribution >= 0.6 is 27.7 Å². The maximum absolute atomic E-state index is 5.84. The zero-order valence-corrected chi connectivity index (χ0v) is 13.1. The van der Waals surface area contributed by atoms with E-state index in [1.807, 2.05) is 18.7 Å². The normalized spacial score (nSPS) is 18.8. The second-order valence-corrected chi connectivity index (χ2v) is 7.09. The smallest absolute Gasteiger partial charge is 0.0476 e. The fourth-order valence-corrected chi connectivity index (χ4v) is 3.94. The average Bonchev–Trinajstić information content (AvgIpc) is 2.33. The molecular weight excluding hydrogens is 310 g/mol. The van der Waals surface area contributed by atoms with Gasteiger partial charge in [-0.15, -0.1) is 11.8 Å². The predicted octanol–water partition coefficient (Wildman–Crippen LogP) is 3.61. The van der Waals surface area contributed by atoms with Gasteiger partial charge in [-0.3, -0.25) is 0 Å². The van der Waals surface area contributed by atoms with Crippen molar-refractivity contribution in [3.05, 3.63) is 28.2 Å². The van der Waals surface area contributed by atoms with Gasteiger partial charge in [-0.2, -0.15) is 0 Å². The highest BCUT2D eigenvalue weighted by molar-refractivity contribution is 9.10. The second-order valence-electron chi connectivity index (χ2n) is 4.86. The molecular formula is C14H20BrNOS. The minimum Gasteiger partial charge on any atom is -0.381 e. The number of hydrogen-bond donors (Lipinski definition) is 1. The van der Waals surface area contributed by atoms with Gasteiger partial charge in [0.25, 0.3) is 0 Å². The van der Waals surface area contributed by atoms with Gasteiger partial charge >= 0.3 is 0 Å². The molecule has 100 valence electrons. The summed E-state index contributed by atoms with van der Waals surface area (Å²) >= 11 is 5.61. The highest BCUT2D eigenvalue weighted by atomic mass is 79.9. The van der Waals surface area contributed by atoms with Crippen molar-refractivity contribution in [2.24, 2.45) is 5.73 Å². The summed E-state index contributed by atoms with van der Waals surface area (Å²) in [6.07, 6.45) is 3.23. The third-order valence-corrected chi connectivity index (χ3v) is 5.11. The maximum atomic E-state index is 5.84. The van der Waals surface area contributed by atoms with E-state index in [4.69, 9.17) is 10.5 Å². The number of halogens is 1. The Morgan fingerprint density at radius 3 is 2.78 bits per heavy atom. The first-order valence-electron chi connectivity index (χ1n) is 6.43. The summed E-state index contributed by atoms with van der Waals surface area (Å²) in [5, 5.41) is 0.699. The van der Waals surface area contributed by atoms with Crippen molar-refractivity contribution in [2.75, 3.05) is 13.2 Å². The van der Waals surface area contributed by atoms with Gasteiger partial charge in [0.1, 0.15) is 0 Å². The second kappa shape index (κ2) is 6.94. The minimum absolute atomic E-state index is 0.204. The van der Waals surface area contributed by atoms with Gasteiger partial charge in [0.05, 0.1) is 0 Å². The molecule has 0 aliphatic carbocycles. The van der Waals surface area contributed by atoms with Crippen molar-refractivity contribution in [1.82, 2.24) is 0 Å². The summed E-state index contributed by atoms with van der Waals surface area (Å²) in [5.41, 5.74) is 7.13. The highest BCUT2D eigenvalue weighted by Gasteiger charge is 2.15. The van der Waals surface area contributed by atoms with E-state index in [0.29, 0.717) is 5.25 Å². The van der Waals surface area contributed by atoms with Crippen LogP contribution in [0.5, 0.6) is 0 Å². The van der Waals surface area contributed by atoms with Crippen LogP contribution in [0.2, 0.25) is 0 Å². The molecule has 4 heteroatoms. The Hall–Kier alpha value is -0.0300. The Morgan fingerprint density at radius 1 is 1.44 bits per heavy atom. The topological polar surface area (TPSA) is 35.2 Å². The van der Waals surface area contributed by atoms with Gasteiger partial charge in [0.2, 0.25) is 0 Å². The number of rotatable bonds is 4. The summed E-state index contributed by atoms with van der Waals surface area (Å²) in [4.78, 5) is 1.34. The molecule has 1 saturated heterocycles. The van der Waals surface area contributed by atoms with E-state index in [2.05, 4.69) is 34.1 Å². The lowest BCUT2D eigenvalue weighted by Crippen LogP contribution is -2.18. The van der Waals surface area contributed by atoms with Crippen molar-refractivity contribution in [2.45, 2.75) is 42.4 Å². The van der Waals surface area contributed by atoms with Crippen molar-refractivity contribution in [3.8, 4) is 0 Å². The molecule has 0 radical (unpaired) electrons. The van der Waals surface area contributed by atoms with Gasteiger partial charge in [0, 0.05) is 33.9 Å². The van der Waals surface area contributed by atoms with E-state index in [1.165, 1.54) is 14.9 Å². The molecule has 2 N–H and O–H groups in total. The Labute approximate surface area is 122 Å². The zero-order chi connectivity index (χ0) is 13.0. The largest absolute Gasteiger partial charge is 0.381 e. The van der Waals surface area contributed by atoms with Gasteiger partial charge in [-0.1, -0.05) is 22.0 Å². The number of nitrogens with two attached hydrogens (primary N) is 1. The number of thioether (sulfide) groups is 1. The number of benzene rings is 1. The van der Waals surface area contributed by atoms with Crippen LogP contribution in [0.15, 0.2) is 27.6 Å². The standard InChI is InChI=1S/C14H20BrNOS/c1-10(16)8-11-2-3-13(9-14(11)15)18-12-4-6-17-7-5-12/h2-3,9-10,12H,4-8,16H2,1H3. The molecule has 1 unspecified atom stereocenters. The summed E-state index contributed by atoms with van der Waals surface area (Å²) in [7, 11) is 0. The molecule has 0 spiro atoms. The molecule has 2 nitrogen and oxygen atoms in total. The van der Waals surface area contributed by atoms with Gasteiger partial charge in [-0.25, -0.2) is 0 Å². The predicted molar refractivity (Wildman–Crippen MR) is 81.2 cm³/mol. The van der Waals surface area contributed by atoms with Crippen LogP contribution in [0.4, 0.5) is 0 Å². The van der Waals surface area contributed by atoms with Crippen LogP contribution in [-0.2, 0) is 11.2 Å². The number of hydrogen-bond acceptors (Lipinski definition) is 3. The molecule has 0 bridgehead atoms. The molecule has 1 aliphatic rings. The molecule has 1 aromatic rings. The Kier molecular flexibility index (Phi) is 5.55. The monoisotopic (exact) mass is 329 g/mol. The van der Waals surface area contributed by atoms with Crippen LogP contribution in [0.3, 0.4) is 0 Å². The van der Waals surface area contributed by atoms with E-state index in [1.54, 1.807) is 0 Å². The molecule has 0 aromatic heterocycles. The molecule has 2 rings (SSSR count). The Balaban J connectivity index is 1.99. The van der Waals surface area contributed by atoms with Crippen LogP contribution in [-0.4, -0.2) is 24.5 Å². The van der Waals surface area contributed by atoms with Crippen LogP contribution in [0.25, 0.3) is 0 Å². The van der Waals surface area contributed by atoms with Gasteiger partial charge in [0.15, 0.2) is 0 Å². The lowest BCUT2D eigenvalue weighted by Gasteiger charge is -2.21. The lowest BCUT2D eigenvalue weighted by molar-refractivity contribution is 0.100. The highest BCUT2D eigenvalue weighted by Crippen LogP contribution is 2.32. The summed E-state index contributed by atoms with van der Waals surface area (Å²) < 4.78 is 6.57. The fraction of sp³-hybridized carbons (Fsp3) is 0.571. The summed E-state index contributed by atoms with van der Waals surface area (Å²) in [5.74, 6) is 0. The third-order valence-electron chi connectivity index (χ3n) is 3.04. The Bertz CT molecular complexity index is 391. The molecule has 1 atom stereocenters. The molecule has 1 fully saturated rings. The fourth-order valence-electron chi connectivity index (χ4n) is 2.10. The first kappa shape index (κ1) is 14.4. The van der Waals surface area contributed by atoms with E-state index in [0.717, 1.165) is 32.5 Å². The number of ether oxygens (including phenoxy) is 1. The Morgan fingerprint density at radius 2 is 2.17 bits per heavy atom. The van der Waals surface area contributed by atoms with Crippen molar-refractivity contribution < 1.29 is 4.74 Å². The third kappa shape index (κ3) is 4.26. The maximum Gasteiger partial charge on any atom is 0.0476 e. The summed E-state index contributed by atoms with van der Waals surface area (Å²) in [6.45, 7) is 3.85. The molecule has 0 amide bonds. The zero-order valence-electron chi connectivity index (χ0n) is 10.7. The summed E-state index contributed by atoms with van der Waals surface area (Å²) in [6, 6.07) is 6.82. The van der Waals surface area contributed by atoms with E-state index in [-0.39, 0.29) is 6.04 Å². The van der Waals surface area contributed by atoms with Crippen molar-refractivity contribution in [3.63, 3.8) is 0 Å². The van der Waals surface area contributed by atoms with Crippen LogP contribution in [0.1, 0.15) is 25.3 Å². The quantitative estimate of drug-likeness (QED) is 0.916. The molecule has 0 saturated carbocycles. The lowest BCUT2D eigenvalue weighted by atomic mass is 10.1. The van der Waals surface area contributed by atoms with Crippen molar-refractivity contribution in [1.29, 1.82) is 0 Å². The van der Waals surface area contributed by atoms with Gasteiger partial charge in [-0.05, 0) is 43.9 Å². The molecule has 18 heavy (non-hydrogen) atoms. The van der Waals surface area contributed by atoms with Gasteiger partial charge < -0.3 is 10.5 Å². The molecule has 1 aromatic carbocycles. The van der Waals surface area contributed by atoms with E-state index in [9.17, 15) is 0 Å². The van der Waals surface area contributed by atoms with Crippen LogP contribution in [0, 0.1) is 0 Å². The van der Waals surface area contributed by atoms with Crippen LogP contribution < -0.4 is 5.73 Å². The minimum atomic E-state index is 0.204. The first-order valence-corrected chi connectivity index (χ1v) is 8.11. The first-order chi connectivity index (χ1) is 8.65. The van der Waals surface area contributed by atoms with Crippen molar-refractivity contribution >= 4 is 27.7 Å². The SMILES string of the molecule is CC(N)Cc1ccc(SC2CCOCC2)cc1Br. The average molecular weight is 330 g/mol. The molecule has 1 aliphatic heterocycles. The van der Waals surface area contributed by atoms with E-state index >= 15 is 0 Å².